The minimum absolute atomic E-state index is 0.212. The highest BCUT2D eigenvalue weighted by atomic mass is 35.5. The van der Waals surface area contributed by atoms with Gasteiger partial charge in [-0.3, -0.25) is 29.3 Å². The molecule has 69 heavy (non-hydrogen) atoms. The van der Waals surface area contributed by atoms with Crippen molar-refractivity contribution in [2.45, 2.75) is 108 Å². The van der Waals surface area contributed by atoms with Crippen molar-refractivity contribution in [2.75, 3.05) is 42.9 Å². The van der Waals surface area contributed by atoms with Gasteiger partial charge in [-0.25, -0.2) is 9.97 Å². The molecule has 3 N–H and O–H groups in total. The third-order valence-corrected chi connectivity index (χ3v) is 14.9. The summed E-state index contributed by atoms with van der Waals surface area (Å²) >= 11 is 6.63. The SMILES string of the molecule is Cn1ncc(-c2nc(NC3CCC(NCCCc4cc(N5CCN(Cc6ccc(COc7cccc8c7CN([C@H]7CCC(=O)NC7=O)C8=O)cc6)CC5)ccc4C#N)CC3)ncc2Cl)c1CC1CC1. The molecule has 0 bridgehead atoms. The minimum atomic E-state index is -0.664. The number of hydrogen-bond acceptors (Lipinski definition) is 12. The summed E-state index contributed by atoms with van der Waals surface area (Å²) in [7, 11) is 1.99. The van der Waals surface area contributed by atoms with Crippen LogP contribution in [0.1, 0.15) is 102 Å². The number of fused-ring (bicyclic) bond motifs is 1. The first-order valence-corrected chi connectivity index (χ1v) is 25.0. The Bertz CT molecular complexity index is 2730. The Balaban J connectivity index is 0.646. The van der Waals surface area contributed by atoms with Gasteiger partial charge < -0.3 is 25.2 Å². The normalized spacial score (nSPS) is 20.7. The summed E-state index contributed by atoms with van der Waals surface area (Å²) in [5.41, 5.74) is 9.55. The number of nitrogens with zero attached hydrogens (tertiary/aromatic N) is 8. The van der Waals surface area contributed by atoms with E-state index in [4.69, 9.17) is 21.3 Å². The van der Waals surface area contributed by atoms with E-state index in [0.717, 1.165) is 124 Å². The maximum Gasteiger partial charge on any atom is 0.255 e. The molecule has 5 aliphatic rings. The Morgan fingerprint density at radius 1 is 0.899 bits per heavy atom. The van der Waals surface area contributed by atoms with Crippen molar-refractivity contribution in [3.63, 3.8) is 0 Å². The first-order valence-electron chi connectivity index (χ1n) is 24.7. The predicted octanol–water partition coefficient (Wildman–Crippen LogP) is 6.96. The lowest BCUT2D eigenvalue weighted by Gasteiger charge is -2.36. The van der Waals surface area contributed by atoms with Crippen LogP contribution in [0, 0.1) is 17.2 Å². The molecule has 3 amide bonds. The fourth-order valence-corrected chi connectivity index (χ4v) is 10.6. The Hall–Kier alpha value is -6.34. The Kier molecular flexibility index (Phi) is 13.9. The van der Waals surface area contributed by atoms with E-state index < -0.39 is 11.9 Å². The smallest absolute Gasteiger partial charge is 0.255 e. The van der Waals surface area contributed by atoms with Crippen molar-refractivity contribution in [1.82, 2.24) is 40.2 Å². The molecule has 2 saturated carbocycles. The zero-order valence-electron chi connectivity index (χ0n) is 39.3. The summed E-state index contributed by atoms with van der Waals surface area (Å²) < 4.78 is 8.20. The summed E-state index contributed by atoms with van der Waals surface area (Å²) in [4.78, 5) is 53.3. The van der Waals surface area contributed by atoms with Crippen LogP contribution in [0.15, 0.2) is 73.1 Å². The van der Waals surface area contributed by atoms with Crippen LogP contribution in [-0.2, 0) is 49.2 Å². The molecule has 358 valence electrons. The molecule has 0 spiro atoms. The Morgan fingerprint density at radius 3 is 2.45 bits per heavy atom. The molecule has 5 aromatic rings. The number of imide groups is 1. The van der Waals surface area contributed by atoms with Gasteiger partial charge in [0.05, 0.1) is 41.3 Å². The molecule has 3 aliphatic heterocycles. The fourth-order valence-electron chi connectivity index (χ4n) is 10.4. The molecule has 1 atom stereocenters. The molecule has 2 aromatic heterocycles. The van der Waals surface area contributed by atoms with Gasteiger partial charge in [-0.1, -0.05) is 41.9 Å². The number of benzene rings is 3. The van der Waals surface area contributed by atoms with E-state index in [1.54, 1.807) is 23.2 Å². The zero-order chi connectivity index (χ0) is 47.4. The summed E-state index contributed by atoms with van der Waals surface area (Å²) in [5.74, 6) is 1.04. The number of ether oxygens (including phenoxy) is 1. The first-order chi connectivity index (χ1) is 33.6. The van der Waals surface area contributed by atoms with E-state index in [-0.39, 0.29) is 24.8 Å². The van der Waals surface area contributed by atoms with Crippen LogP contribution in [0.5, 0.6) is 5.75 Å². The number of nitriles is 1. The van der Waals surface area contributed by atoms with Gasteiger partial charge in [0, 0.05) is 86.3 Å². The van der Waals surface area contributed by atoms with E-state index in [0.29, 0.717) is 47.4 Å². The van der Waals surface area contributed by atoms with Gasteiger partial charge in [0.2, 0.25) is 17.8 Å². The molecular formula is C53H60ClN11O4. The van der Waals surface area contributed by atoms with Crippen molar-refractivity contribution < 1.29 is 19.1 Å². The van der Waals surface area contributed by atoms with Crippen LogP contribution in [0.2, 0.25) is 5.02 Å². The first kappa shape index (κ1) is 46.4. The van der Waals surface area contributed by atoms with Crippen LogP contribution < -0.4 is 25.6 Å². The van der Waals surface area contributed by atoms with Gasteiger partial charge >= 0.3 is 0 Å². The molecule has 0 unspecified atom stereocenters. The summed E-state index contributed by atoms with van der Waals surface area (Å²) in [5, 5.41) is 24.8. The molecule has 2 saturated heterocycles. The number of anilines is 2. The third-order valence-electron chi connectivity index (χ3n) is 14.7. The Morgan fingerprint density at radius 2 is 1.68 bits per heavy atom. The average molecular weight is 951 g/mol. The van der Waals surface area contributed by atoms with Crippen LogP contribution in [0.3, 0.4) is 0 Å². The standard InChI is InChI=1S/C53H60ClN11O4/c1-62-47(26-34-7-8-34)43(29-58-62)50-45(54)30-57-53(61-50)59-40-16-14-39(15-17-40)56-21-3-4-37-27-41(18-13-38(37)28-55)64-24-22-63(23-25-64)31-35-9-11-36(12-10-35)33-69-48-6-2-5-42-44(48)32-65(52(42)68)46-19-20-49(66)60-51(46)67/h2,5-6,9-13,18,27,29-30,34,39-40,46,56H,3-4,7-8,14-17,19-26,31-33H2,1H3,(H,57,59,61)(H,60,66,67)/t39?,40?,46-/m0/s1. The minimum Gasteiger partial charge on any atom is -0.489 e. The molecule has 5 heterocycles. The predicted molar refractivity (Wildman–Crippen MR) is 264 cm³/mol. The van der Waals surface area contributed by atoms with Gasteiger partial charge in [-0.15, -0.1) is 0 Å². The van der Waals surface area contributed by atoms with Crippen molar-refractivity contribution in [3.8, 4) is 23.1 Å². The van der Waals surface area contributed by atoms with Gasteiger partial charge in [-0.05, 0) is 124 Å². The number of amides is 3. The van der Waals surface area contributed by atoms with Crippen molar-refractivity contribution in [3.05, 3.63) is 117 Å². The monoisotopic (exact) mass is 949 g/mol. The maximum atomic E-state index is 13.2. The van der Waals surface area contributed by atoms with Crippen LogP contribution in [0.4, 0.5) is 11.6 Å². The molecular weight excluding hydrogens is 890 g/mol. The zero-order valence-corrected chi connectivity index (χ0v) is 40.0. The van der Waals surface area contributed by atoms with Crippen molar-refractivity contribution in [1.29, 1.82) is 5.26 Å². The number of aryl methyl sites for hydroxylation is 2. The molecule has 3 aromatic carbocycles. The number of piperazine rings is 1. The van der Waals surface area contributed by atoms with Crippen molar-refractivity contribution >= 4 is 41.0 Å². The number of halogens is 1. The quantitative estimate of drug-likeness (QED) is 0.0647. The number of nitrogens with one attached hydrogen (secondary N) is 3. The largest absolute Gasteiger partial charge is 0.489 e. The number of carbonyl (C=O) groups excluding carboxylic acids is 3. The van der Waals surface area contributed by atoms with Gasteiger partial charge in [0.1, 0.15) is 18.4 Å². The molecule has 15 nitrogen and oxygen atoms in total. The number of piperidine rings is 1. The lowest BCUT2D eigenvalue weighted by molar-refractivity contribution is -0.136. The topological polar surface area (TPSA) is 174 Å². The van der Waals surface area contributed by atoms with E-state index in [9.17, 15) is 19.6 Å². The number of aromatic nitrogens is 4. The lowest BCUT2D eigenvalue weighted by Crippen LogP contribution is -2.52. The third kappa shape index (κ3) is 10.8. The van der Waals surface area contributed by atoms with Gasteiger partial charge in [0.15, 0.2) is 0 Å². The maximum absolute atomic E-state index is 13.2. The molecule has 0 radical (unpaired) electrons. The highest BCUT2D eigenvalue weighted by Crippen LogP contribution is 2.38. The lowest BCUT2D eigenvalue weighted by atomic mass is 9.91. The van der Waals surface area contributed by atoms with Gasteiger partial charge in [-0.2, -0.15) is 10.4 Å². The molecule has 2 aliphatic carbocycles. The second kappa shape index (κ2) is 20.7. The number of rotatable bonds is 17. The highest BCUT2D eigenvalue weighted by Gasteiger charge is 2.40. The fraction of sp³-hybridized carbons (Fsp3) is 0.453. The molecule has 16 heteroatoms. The number of carbonyl (C=O) groups is 3. The van der Waals surface area contributed by atoms with Crippen LogP contribution in [-0.4, -0.2) is 98.1 Å². The Labute approximate surface area is 408 Å². The van der Waals surface area contributed by atoms with Crippen LogP contribution >= 0.6 is 11.6 Å². The van der Waals surface area contributed by atoms with Crippen molar-refractivity contribution in [2.24, 2.45) is 13.0 Å². The average Bonchev–Trinajstić information content (AvgIpc) is 4.04. The molecule has 4 fully saturated rings. The van der Waals surface area contributed by atoms with E-state index in [1.165, 1.54) is 29.8 Å². The summed E-state index contributed by atoms with van der Waals surface area (Å²) in [6, 6.07) is 22.8. The van der Waals surface area contributed by atoms with E-state index in [1.807, 2.05) is 30.1 Å². The van der Waals surface area contributed by atoms with Gasteiger partial charge in [0.25, 0.3) is 5.91 Å². The second-order valence-electron chi connectivity index (χ2n) is 19.4. The van der Waals surface area contributed by atoms with E-state index in [2.05, 4.69) is 78.3 Å². The summed E-state index contributed by atoms with van der Waals surface area (Å²) in [6.45, 7) is 6.10. The highest BCUT2D eigenvalue weighted by molar-refractivity contribution is 6.33. The summed E-state index contributed by atoms with van der Waals surface area (Å²) in [6.07, 6.45) is 13.7. The molecule has 10 rings (SSSR count). The van der Waals surface area contributed by atoms with Crippen LogP contribution in [0.25, 0.3) is 11.3 Å². The second-order valence-corrected chi connectivity index (χ2v) is 19.8. The number of hydrogen-bond donors (Lipinski definition) is 3. The van der Waals surface area contributed by atoms with E-state index >= 15 is 0 Å².